The number of esters is 1. The van der Waals surface area contributed by atoms with Crippen molar-refractivity contribution >= 4 is 28.9 Å². The van der Waals surface area contributed by atoms with Crippen molar-refractivity contribution in [2.24, 2.45) is 5.92 Å². The number of benzene rings is 2. The molecule has 1 aliphatic heterocycles. The maximum atomic E-state index is 14.6. The van der Waals surface area contributed by atoms with E-state index in [0.717, 1.165) is 0 Å². The summed E-state index contributed by atoms with van der Waals surface area (Å²) in [5, 5.41) is 2.65. The Kier molecular flexibility index (Phi) is 3.91. The Bertz CT molecular complexity index is 1010. The number of anilines is 1. The Morgan fingerprint density at radius 2 is 1.96 bits per heavy atom. The van der Waals surface area contributed by atoms with E-state index >= 15 is 0 Å². The highest BCUT2D eigenvalue weighted by molar-refractivity contribution is 6.07. The minimum absolute atomic E-state index is 0.129. The molecule has 0 fully saturated rings. The minimum atomic E-state index is -1.21. The van der Waals surface area contributed by atoms with Crippen LogP contribution in [0.1, 0.15) is 18.5 Å². The van der Waals surface area contributed by atoms with Crippen molar-refractivity contribution in [2.45, 2.75) is 13.0 Å². The highest BCUT2D eigenvalue weighted by Crippen LogP contribution is 2.39. The average Bonchev–Trinajstić information content (AvgIpc) is 2.99. The van der Waals surface area contributed by atoms with E-state index in [-0.39, 0.29) is 18.1 Å². The highest BCUT2D eigenvalue weighted by atomic mass is 19.1. The highest BCUT2D eigenvalue weighted by Gasteiger charge is 2.44. The molecule has 26 heavy (non-hydrogen) atoms. The Balaban J connectivity index is 1.99. The number of amides is 1. The predicted molar refractivity (Wildman–Crippen MR) is 93.0 cm³/mol. The van der Waals surface area contributed by atoms with Crippen LogP contribution in [0.2, 0.25) is 0 Å². The van der Waals surface area contributed by atoms with Crippen molar-refractivity contribution in [3.63, 3.8) is 0 Å². The molecule has 7 heteroatoms. The van der Waals surface area contributed by atoms with E-state index in [1.807, 2.05) is 18.2 Å². The van der Waals surface area contributed by atoms with Gasteiger partial charge in [0.05, 0.1) is 23.7 Å². The van der Waals surface area contributed by atoms with Crippen LogP contribution in [0.25, 0.3) is 11.0 Å². The number of fused-ring (bicyclic) bond motifs is 3. The first-order valence-corrected chi connectivity index (χ1v) is 8.30. The average molecular weight is 353 g/mol. The topological polar surface area (TPSA) is 73.2 Å². The van der Waals surface area contributed by atoms with Gasteiger partial charge in [-0.3, -0.25) is 14.9 Å². The van der Waals surface area contributed by atoms with Crippen LogP contribution in [0.15, 0.2) is 48.5 Å². The van der Waals surface area contributed by atoms with E-state index < -0.39 is 29.7 Å². The summed E-state index contributed by atoms with van der Waals surface area (Å²) >= 11 is 0. The third-order valence-electron chi connectivity index (χ3n) is 4.47. The Labute approximate surface area is 148 Å². The number of carbonyl (C=O) groups is 2. The van der Waals surface area contributed by atoms with Gasteiger partial charge in [-0.2, -0.15) is 0 Å². The molecular weight excluding hydrogens is 337 g/mol. The van der Waals surface area contributed by atoms with Gasteiger partial charge < -0.3 is 9.30 Å². The van der Waals surface area contributed by atoms with Gasteiger partial charge in [-0.05, 0) is 25.1 Å². The van der Waals surface area contributed by atoms with E-state index in [1.54, 1.807) is 35.8 Å². The summed E-state index contributed by atoms with van der Waals surface area (Å²) in [6, 6.07) is 12.5. The fraction of sp³-hybridized carbons (Fsp3) is 0.211. The van der Waals surface area contributed by atoms with Crippen LogP contribution >= 0.6 is 0 Å². The minimum Gasteiger partial charge on any atom is -0.465 e. The van der Waals surface area contributed by atoms with Crippen molar-refractivity contribution in [3.8, 4) is 0 Å². The molecule has 0 spiro atoms. The summed E-state index contributed by atoms with van der Waals surface area (Å²) in [7, 11) is 0. The molecule has 2 aromatic carbocycles. The van der Waals surface area contributed by atoms with Crippen LogP contribution < -0.4 is 5.32 Å². The van der Waals surface area contributed by atoms with Gasteiger partial charge >= 0.3 is 5.97 Å². The van der Waals surface area contributed by atoms with Gasteiger partial charge in [-0.15, -0.1) is 0 Å². The SMILES string of the molecule is CCOC(=O)[C@H]1C(=O)Nc2nc3ccccc3n2[C@H]1c1ccccc1F. The summed E-state index contributed by atoms with van der Waals surface area (Å²) in [6.07, 6.45) is 0. The number of carbonyl (C=O) groups excluding carboxylic acids is 2. The summed E-state index contributed by atoms with van der Waals surface area (Å²) < 4.78 is 21.4. The molecule has 4 rings (SSSR count). The first kappa shape index (κ1) is 16.3. The molecule has 0 bridgehead atoms. The number of rotatable bonds is 3. The van der Waals surface area contributed by atoms with Gasteiger partial charge in [0, 0.05) is 5.56 Å². The molecule has 2 heterocycles. The zero-order valence-corrected chi connectivity index (χ0v) is 14.0. The van der Waals surface area contributed by atoms with E-state index in [4.69, 9.17) is 4.74 Å². The summed E-state index contributed by atoms with van der Waals surface area (Å²) in [4.78, 5) is 29.6. The number of aromatic nitrogens is 2. The van der Waals surface area contributed by atoms with Gasteiger partial charge in [-0.25, -0.2) is 9.37 Å². The van der Waals surface area contributed by atoms with Crippen molar-refractivity contribution in [3.05, 3.63) is 59.9 Å². The predicted octanol–water partition coefficient (Wildman–Crippen LogP) is 2.90. The molecule has 1 amide bonds. The van der Waals surface area contributed by atoms with Crippen molar-refractivity contribution in [2.75, 3.05) is 11.9 Å². The van der Waals surface area contributed by atoms with Gasteiger partial charge in [0.25, 0.3) is 0 Å². The van der Waals surface area contributed by atoms with E-state index in [2.05, 4.69) is 10.3 Å². The second-order valence-corrected chi connectivity index (χ2v) is 5.98. The number of hydrogen-bond acceptors (Lipinski definition) is 4. The maximum Gasteiger partial charge on any atom is 0.321 e. The summed E-state index contributed by atoms with van der Waals surface area (Å²) in [5.41, 5.74) is 1.59. The number of nitrogens with one attached hydrogen (secondary N) is 1. The fourth-order valence-corrected chi connectivity index (χ4v) is 3.40. The van der Waals surface area contributed by atoms with Gasteiger partial charge in [0.1, 0.15) is 5.82 Å². The van der Waals surface area contributed by atoms with Crippen LogP contribution in [0, 0.1) is 11.7 Å². The molecule has 0 saturated carbocycles. The lowest BCUT2D eigenvalue weighted by molar-refractivity contribution is -0.152. The van der Waals surface area contributed by atoms with Crippen molar-refractivity contribution in [1.82, 2.24) is 9.55 Å². The van der Waals surface area contributed by atoms with Gasteiger partial charge in [-0.1, -0.05) is 30.3 Å². The van der Waals surface area contributed by atoms with E-state index in [9.17, 15) is 14.0 Å². The number of ether oxygens (including phenoxy) is 1. The van der Waals surface area contributed by atoms with Crippen LogP contribution in [0.3, 0.4) is 0 Å². The van der Waals surface area contributed by atoms with Crippen LogP contribution in [-0.4, -0.2) is 28.0 Å². The molecule has 0 unspecified atom stereocenters. The van der Waals surface area contributed by atoms with Crippen LogP contribution in [0.5, 0.6) is 0 Å². The second kappa shape index (κ2) is 6.25. The van der Waals surface area contributed by atoms with Gasteiger partial charge in [0.2, 0.25) is 11.9 Å². The Morgan fingerprint density at radius 1 is 1.23 bits per heavy atom. The third-order valence-corrected chi connectivity index (χ3v) is 4.47. The first-order chi connectivity index (χ1) is 12.6. The van der Waals surface area contributed by atoms with Gasteiger partial charge in [0.15, 0.2) is 5.92 Å². The molecular formula is C19H16FN3O3. The molecule has 3 aromatic rings. The van der Waals surface area contributed by atoms with E-state index in [1.165, 1.54) is 6.07 Å². The summed E-state index contributed by atoms with van der Waals surface area (Å²) in [6.45, 7) is 1.79. The third kappa shape index (κ3) is 2.44. The Morgan fingerprint density at radius 3 is 2.73 bits per heavy atom. The lowest BCUT2D eigenvalue weighted by Gasteiger charge is -2.32. The smallest absolute Gasteiger partial charge is 0.321 e. The molecule has 0 aliphatic carbocycles. The molecule has 2 atom stereocenters. The largest absolute Gasteiger partial charge is 0.465 e. The molecule has 1 aromatic heterocycles. The molecule has 1 aliphatic rings. The molecule has 1 N–H and O–H groups in total. The number of hydrogen-bond donors (Lipinski definition) is 1. The Hall–Kier alpha value is -3.22. The van der Waals surface area contributed by atoms with E-state index in [0.29, 0.717) is 11.0 Å². The lowest BCUT2D eigenvalue weighted by atomic mass is 9.90. The van der Waals surface area contributed by atoms with Crippen LogP contribution in [-0.2, 0) is 14.3 Å². The fourth-order valence-electron chi connectivity index (χ4n) is 3.40. The van der Waals surface area contributed by atoms with Crippen molar-refractivity contribution in [1.29, 1.82) is 0 Å². The lowest BCUT2D eigenvalue weighted by Crippen LogP contribution is -2.43. The number of para-hydroxylation sites is 2. The first-order valence-electron chi connectivity index (χ1n) is 8.30. The normalized spacial score (nSPS) is 19.1. The zero-order valence-electron chi connectivity index (χ0n) is 14.0. The standard InChI is InChI=1S/C19H16FN3O3/c1-2-26-18(25)15-16(11-7-3-4-8-12(11)20)23-14-10-6-5-9-13(14)21-19(23)22-17(15)24/h3-10,15-16H,2H2,1H3,(H,21,22,24)/t15-,16+/m1/s1. The number of imidazole rings is 1. The summed E-state index contributed by atoms with van der Waals surface area (Å²) in [5.74, 6) is -2.67. The van der Waals surface area contributed by atoms with Crippen LogP contribution in [0.4, 0.5) is 10.3 Å². The molecule has 132 valence electrons. The zero-order chi connectivity index (χ0) is 18.3. The quantitative estimate of drug-likeness (QED) is 0.580. The molecule has 0 saturated heterocycles. The number of nitrogens with zero attached hydrogens (tertiary/aromatic N) is 2. The maximum absolute atomic E-state index is 14.6. The van der Waals surface area contributed by atoms with Crippen molar-refractivity contribution < 1.29 is 18.7 Å². The molecule has 6 nitrogen and oxygen atoms in total. The number of halogens is 1. The monoisotopic (exact) mass is 353 g/mol. The molecule has 0 radical (unpaired) electrons. The second-order valence-electron chi connectivity index (χ2n) is 5.98.